The van der Waals surface area contributed by atoms with E-state index in [1.807, 2.05) is 67.3 Å². The third kappa shape index (κ3) is 5.17. The molecule has 1 aliphatic carbocycles. The van der Waals surface area contributed by atoms with Crippen LogP contribution in [0.2, 0.25) is 0 Å². The normalized spacial score (nSPS) is 27.2. The predicted molar refractivity (Wildman–Crippen MR) is 155 cm³/mol. The van der Waals surface area contributed by atoms with Crippen molar-refractivity contribution in [2.45, 2.75) is 69.5 Å². The van der Waals surface area contributed by atoms with Crippen molar-refractivity contribution in [3.8, 4) is 11.5 Å². The zero-order valence-electron chi connectivity index (χ0n) is 22.7. The average Bonchev–Trinajstić information content (AvgIpc) is 3.55. The fourth-order valence-corrected chi connectivity index (χ4v) is 7.71. The maximum absolute atomic E-state index is 13.6. The third-order valence-corrected chi connectivity index (χ3v) is 9.56. The Balaban J connectivity index is 1.19. The summed E-state index contributed by atoms with van der Waals surface area (Å²) in [5, 5.41) is 12.9. The largest absolute Gasteiger partial charge is 0.457 e. The number of piperidine rings is 1. The zero-order valence-corrected chi connectivity index (χ0v) is 23.6. The summed E-state index contributed by atoms with van der Waals surface area (Å²) >= 11 is 1.51. The number of carbonyl (C=O) groups excluding carboxylic acids is 3. The van der Waals surface area contributed by atoms with E-state index in [2.05, 4.69) is 21.3 Å². The summed E-state index contributed by atoms with van der Waals surface area (Å²) in [5.41, 5.74) is 2.51. The van der Waals surface area contributed by atoms with Crippen molar-refractivity contribution < 1.29 is 19.1 Å². The van der Waals surface area contributed by atoms with Gasteiger partial charge in [-0.15, -0.1) is 0 Å². The molecule has 6 rings (SSSR count). The first-order valence-electron chi connectivity index (χ1n) is 14.1. The van der Waals surface area contributed by atoms with Gasteiger partial charge in [0.15, 0.2) is 0 Å². The van der Waals surface area contributed by atoms with Crippen molar-refractivity contribution in [1.82, 2.24) is 21.3 Å². The first-order valence-corrected chi connectivity index (χ1v) is 15.0. The van der Waals surface area contributed by atoms with E-state index in [4.69, 9.17) is 4.74 Å². The van der Waals surface area contributed by atoms with Gasteiger partial charge in [0.05, 0.1) is 16.3 Å². The number of benzene rings is 2. The molecule has 3 aliphatic heterocycles. The molecule has 5 atom stereocenters. The number of aryl methyl sites for hydroxylation is 1. The van der Waals surface area contributed by atoms with Crippen LogP contribution in [-0.2, 0) is 9.59 Å². The Hall–Kier alpha value is -3.50. The average molecular weight is 562 g/mol. The minimum absolute atomic E-state index is 0.00444. The Bertz CT molecular complexity index is 1350. The minimum atomic E-state index is -0.215. The Morgan fingerprint density at radius 1 is 1.05 bits per heavy atom. The van der Waals surface area contributed by atoms with E-state index in [9.17, 15) is 14.4 Å². The lowest BCUT2D eigenvalue weighted by atomic mass is 9.86. The van der Waals surface area contributed by atoms with E-state index in [-0.39, 0.29) is 47.3 Å². The van der Waals surface area contributed by atoms with Crippen LogP contribution in [0.5, 0.6) is 11.5 Å². The highest BCUT2D eigenvalue weighted by molar-refractivity contribution is 8.04. The fourth-order valence-electron chi connectivity index (χ4n) is 6.31. The number of nitrogens with zero attached hydrogens (tertiary/aromatic N) is 1. The summed E-state index contributed by atoms with van der Waals surface area (Å²) < 4.78 is 6.00. The summed E-state index contributed by atoms with van der Waals surface area (Å²) in [6, 6.07) is 15.2. The highest BCUT2D eigenvalue weighted by Crippen LogP contribution is 2.48. The van der Waals surface area contributed by atoms with Crippen molar-refractivity contribution in [3.63, 3.8) is 0 Å². The Labute approximate surface area is 238 Å². The van der Waals surface area contributed by atoms with Gasteiger partial charge in [0, 0.05) is 35.8 Å². The second-order valence-corrected chi connectivity index (χ2v) is 12.0. The van der Waals surface area contributed by atoms with E-state index >= 15 is 0 Å². The summed E-state index contributed by atoms with van der Waals surface area (Å²) in [5.74, 6) is 1.35. The minimum Gasteiger partial charge on any atom is -0.457 e. The van der Waals surface area contributed by atoms with Gasteiger partial charge in [-0.25, -0.2) is 4.79 Å². The van der Waals surface area contributed by atoms with Crippen LogP contribution in [0.1, 0.15) is 44.6 Å². The molecule has 3 fully saturated rings. The first-order chi connectivity index (χ1) is 19.4. The van der Waals surface area contributed by atoms with Gasteiger partial charge in [0.1, 0.15) is 11.5 Å². The molecular formula is C30H35N5O4S. The molecule has 1 saturated carbocycles. The predicted octanol–water partition coefficient (Wildman–Crippen LogP) is 4.14. The zero-order chi connectivity index (χ0) is 27.8. The standard InChI is InChI=1S/C30H35N5O4S/c1-3-24(36)32-18-9-10-19(16-18)33-28(37)27-26-25-23(13-14-31-29(25)40-27)35(30(38)34-26)22-12-11-21(15-17(22)2)39-20-7-5-4-6-8-20/h4-8,11-12,15,18-19,23,25,29,31H,3,9-10,13-14,16H2,1-2H3,(H,32,36)(H,33,37)(H,34,38)/t18-,19+,23?,25?,29?/m1/s1. The molecule has 3 unspecified atom stereocenters. The van der Waals surface area contributed by atoms with Gasteiger partial charge >= 0.3 is 6.03 Å². The van der Waals surface area contributed by atoms with E-state index < -0.39 is 0 Å². The van der Waals surface area contributed by atoms with Crippen LogP contribution < -0.4 is 30.9 Å². The van der Waals surface area contributed by atoms with Crippen molar-refractivity contribution in [1.29, 1.82) is 0 Å². The third-order valence-electron chi connectivity index (χ3n) is 8.21. The SMILES string of the molecule is CCC(=O)N[C@@H]1CC[C@H](NC(=O)C2=C3NC(=O)N(c4ccc(Oc5ccccc5)cc4C)C4CCNC(S2)C34)C1. The van der Waals surface area contributed by atoms with Crippen LogP contribution in [0, 0.1) is 12.8 Å². The molecule has 210 valence electrons. The number of carbonyl (C=O) groups is 3. The number of hydrogen-bond acceptors (Lipinski definition) is 6. The molecule has 3 heterocycles. The van der Waals surface area contributed by atoms with Crippen LogP contribution in [-0.4, -0.2) is 47.9 Å². The van der Waals surface area contributed by atoms with Gasteiger partial charge in [-0.3, -0.25) is 14.5 Å². The summed E-state index contributed by atoms with van der Waals surface area (Å²) in [6.45, 7) is 4.59. The van der Waals surface area contributed by atoms with E-state index in [1.165, 1.54) is 11.8 Å². The lowest BCUT2D eigenvalue weighted by molar-refractivity contribution is -0.121. The highest BCUT2D eigenvalue weighted by atomic mass is 32.2. The molecule has 9 nitrogen and oxygen atoms in total. The molecule has 10 heteroatoms. The van der Waals surface area contributed by atoms with Gasteiger partial charge in [-0.05, 0) is 75.0 Å². The number of urea groups is 1. The molecule has 4 N–H and O–H groups in total. The van der Waals surface area contributed by atoms with Crippen LogP contribution in [0.25, 0.3) is 0 Å². The maximum Gasteiger partial charge on any atom is 0.326 e. The number of rotatable bonds is 7. The van der Waals surface area contributed by atoms with E-state index in [1.54, 1.807) is 0 Å². The lowest BCUT2D eigenvalue weighted by Gasteiger charge is -2.46. The van der Waals surface area contributed by atoms with Crippen LogP contribution in [0.15, 0.2) is 59.1 Å². The van der Waals surface area contributed by atoms with Gasteiger partial charge in [-0.1, -0.05) is 36.9 Å². The second-order valence-electron chi connectivity index (χ2n) is 10.9. The molecular weight excluding hydrogens is 526 g/mol. The van der Waals surface area contributed by atoms with Gasteiger partial charge in [-0.2, -0.15) is 0 Å². The molecule has 0 radical (unpaired) electrons. The number of ether oxygens (including phenoxy) is 1. The van der Waals surface area contributed by atoms with Crippen molar-refractivity contribution in [2.24, 2.45) is 5.92 Å². The summed E-state index contributed by atoms with van der Waals surface area (Å²) in [4.78, 5) is 41.3. The number of nitrogens with one attached hydrogen (secondary N) is 4. The molecule has 0 aromatic heterocycles. The quantitative estimate of drug-likeness (QED) is 0.404. The molecule has 2 saturated heterocycles. The molecule has 2 aromatic rings. The number of hydrogen-bond donors (Lipinski definition) is 4. The van der Waals surface area contributed by atoms with E-state index in [0.29, 0.717) is 17.1 Å². The smallest absolute Gasteiger partial charge is 0.326 e. The summed E-state index contributed by atoms with van der Waals surface area (Å²) in [6.07, 6.45) is 3.65. The highest BCUT2D eigenvalue weighted by Gasteiger charge is 2.52. The second kappa shape index (κ2) is 11.2. The van der Waals surface area contributed by atoms with Crippen molar-refractivity contribution in [3.05, 3.63) is 64.7 Å². The fraction of sp³-hybridized carbons (Fsp3) is 0.433. The Kier molecular flexibility index (Phi) is 7.46. The summed E-state index contributed by atoms with van der Waals surface area (Å²) in [7, 11) is 0. The number of thioether (sulfide) groups is 1. The number of para-hydroxylation sites is 1. The number of amides is 4. The van der Waals surface area contributed by atoms with Crippen LogP contribution in [0.4, 0.5) is 10.5 Å². The molecule has 0 bridgehead atoms. The monoisotopic (exact) mass is 561 g/mol. The lowest BCUT2D eigenvalue weighted by Crippen LogP contribution is -2.62. The van der Waals surface area contributed by atoms with Gasteiger partial charge in [0.25, 0.3) is 5.91 Å². The molecule has 0 spiro atoms. The molecule has 2 aromatic carbocycles. The van der Waals surface area contributed by atoms with E-state index in [0.717, 1.165) is 54.9 Å². The van der Waals surface area contributed by atoms with Gasteiger partial charge in [0.2, 0.25) is 5.91 Å². The van der Waals surface area contributed by atoms with Crippen molar-refractivity contribution >= 4 is 35.3 Å². The molecule has 4 aliphatic rings. The Morgan fingerprint density at radius 3 is 2.58 bits per heavy atom. The van der Waals surface area contributed by atoms with Crippen molar-refractivity contribution in [2.75, 3.05) is 11.4 Å². The van der Waals surface area contributed by atoms with Crippen LogP contribution in [0.3, 0.4) is 0 Å². The Morgan fingerprint density at radius 2 is 1.82 bits per heavy atom. The topological polar surface area (TPSA) is 112 Å². The molecule has 40 heavy (non-hydrogen) atoms. The first kappa shape index (κ1) is 26.7. The number of anilines is 1. The van der Waals surface area contributed by atoms with Crippen LogP contribution >= 0.6 is 11.8 Å². The maximum atomic E-state index is 13.6. The molecule has 4 amide bonds. The van der Waals surface area contributed by atoms with Gasteiger partial charge < -0.3 is 26.0 Å².